The molecule has 9 nitrogen and oxygen atoms in total. The van der Waals surface area contributed by atoms with Crippen LogP contribution in [0.5, 0.6) is 5.75 Å². The summed E-state index contributed by atoms with van der Waals surface area (Å²) < 4.78 is 20.6. The zero-order valence-corrected chi connectivity index (χ0v) is 25.3. The summed E-state index contributed by atoms with van der Waals surface area (Å²) in [5.41, 5.74) is 1.68. The van der Waals surface area contributed by atoms with Gasteiger partial charge in [0.2, 0.25) is 11.8 Å². The van der Waals surface area contributed by atoms with Gasteiger partial charge in [-0.2, -0.15) is 5.26 Å². The normalized spacial score (nSPS) is 22.2. The Balaban J connectivity index is 1.26. The molecule has 0 bridgehead atoms. The van der Waals surface area contributed by atoms with Crippen molar-refractivity contribution in [2.45, 2.75) is 37.6 Å². The van der Waals surface area contributed by atoms with E-state index in [2.05, 4.69) is 10.2 Å². The number of carbonyl (C=O) groups excluding carboxylic acids is 2. The summed E-state index contributed by atoms with van der Waals surface area (Å²) in [6, 6.07) is 17.6. The topological polar surface area (TPSA) is 103 Å². The van der Waals surface area contributed by atoms with Gasteiger partial charge in [-0.25, -0.2) is 4.39 Å². The molecular formula is C33H34ClFN6O3. The van der Waals surface area contributed by atoms with Crippen molar-refractivity contribution < 1.29 is 18.7 Å². The molecule has 44 heavy (non-hydrogen) atoms. The Kier molecular flexibility index (Phi) is 8.67. The van der Waals surface area contributed by atoms with E-state index in [9.17, 15) is 9.59 Å². The molecule has 3 fully saturated rings. The van der Waals surface area contributed by atoms with Crippen LogP contribution >= 0.6 is 11.6 Å². The van der Waals surface area contributed by atoms with Gasteiger partial charge in [0.05, 0.1) is 19.1 Å². The number of hydrogen-bond acceptors (Lipinski definition) is 7. The quantitative estimate of drug-likeness (QED) is 0.385. The van der Waals surface area contributed by atoms with Crippen molar-refractivity contribution in [3.63, 3.8) is 0 Å². The van der Waals surface area contributed by atoms with Crippen LogP contribution in [0.3, 0.4) is 0 Å². The van der Waals surface area contributed by atoms with Crippen molar-refractivity contribution in [3.05, 3.63) is 82.3 Å². The highest BCUT2D eigenvalue weighted by atomic mass is 35.5. The van der Waals surface area contributed by atoms with Crippen molar-refractivity contribution in [3.8, 4) is 11.8 Å². The average Bonchev–Trinajstić information content (AvgIpc) is 3.80. The van der Waals surface area contributed by atoms with Gasteiger partial charge in [0.1, 0.15) is 17.6 Å². The maximum atomic E-state index is 15.4. The lowest BCUT2D eigenvalue weighted by molar-refractivity contribution is -0.141. The predicted octanol–water partition coefficient (Wildman–Crippen LogP) is 4.97. The third kappa shape index (κ3) is 6.20. The van der Waals surface area contributed by atoms with Gasteiger partial charge in [-0.1, -0.05) is 29.8 Å². The molecule has 228 valence electrons. The Hall–Kier alpha value is -4.23. The summed E-state index contributed by atoms with van der Waals surface area (Å²) in [6.45, 7) is 2.04. The van der Waals surface area contributed by atoms with Crippen LogP contribution in [0.4, 0.5) is 10.2 Å². The van der Waals surface area contributed by atoms with E-state index >= 15 is 4.39 Å². The number of amides is 2. The average molecular weight is 617 g/mol. The van der Waals surface area contributed by atoms with Crippen LogP contribution in [0.1, 0.15) is 54.5 Å². The first kappa shape index (κ1) is 29.8. The Labute approximate surface area is 261 Å². The zero-order chi connectivity index (χ0) is 30.8. The second-order valence-corrected chi connectivity index (χ2v) is 12.2. The van der Waals surface area contributed by atoms with Crippen molar-refractivity contribution in [1.29, 1.82) is 5.26 Å². The molecule has 2 amide bonds. The molecule has 3 aliphatic rings. The number of ether oxygens (including phenoxy) is 1. The Bertz CT molecular complexity index is 1560. The third-order valence-corrected chi connectivity index (χ3v) is 9.25. The third-order valence-electron chi connectivity index (χ3n) is 9.00. The van der Waals surface area contributed by atoms with Crippen molar-refractivity contribution >= 4 is 29.2 Å². The monoisotopic (exact) mass is 616 g/mol. The van der Waals surface area contributed by atoms with E-state index in [1.807, 2.05) is 45.0 Å². The van der Waals surface area contributed by atoms with E-state index in [0.717, 1.165) is 24.8 Å². The fourth-order valence-electron chi connectivity index (χ4n) is 6.49. The molecule has 3 aromatic rings. The van der Waals surface area contributed by atoms with E-state index < -0.39 is 17.7 Å². The minimum Gasteiger partial charge on any atom is -0.497 e. The van der Waals surface area contributed by atoms with Gasteiger partial charge in [-0.3, -0.25) is 9.59 Å². The number of nitriles is 1. The van der Waals surface area contributed by atoms with Gasteiger partial charge in [-0.15, -0.1) is 10.2 Å². The molecule has 1 aliphatic carbocycles. The molecule has 2 aliphatic heterocycles. The van der Waals surface area contributed by atoms with Crippen LogP contribution in [-0.2, 0) is 9.59 Å². The van der Waals surface area contributed by atoms with Gasteiger partial charge < -0.3 is 19.4 Å². The van der Waals surface area contributed by atoms with Gasteiger partial charge in [0, 0.05) is 55.6 Å². The predicted molar refractivity (Wildman–Crippen MR) is 163 cm³/mol. The highest BCUT2D eigenvalue weighted by Crippen LogP contribution is 2.40. The first-order valence-corrected chi connectivity index (χ1v) is 15.4. The number of hydrogen-bond donors (Lipinski definition) is 0. The maximum Gasteiger partial charge on any atom is 0.228 e. The number of benzene rings is 2. The van der Waals surface area contributed by atoms with Crippen LogP contribution < -0.4 is 9.64 Å². The summed E-state index contributed by atoms with van der Waals surface area (Å²) in [7, 11) is 1.48. The van der Waals surface area contributed by atoms with Crippen LogP contribution in [0.25, 0.3) is 0 Å². The molecule has 0 unspecified atom stereocenters. The number of carbonyl (C=O) groups is 2. The molecule has 3 atom stereocenters. The SMILES string of the molecule is COc1ccc([C@@H]2CN(c3ccc(C#N)nn3)C[C@H]2C(=O)N2CCC[C@@H](c3ccc(Cl)cc3)N(C(=O)C3CC3)CC2)c(F)c1. The minimum atomic E-state index is -0.547. The summed E-state index contributed by atoms with van der Waals surface area (Å²) in [4.78, 5) is 33.5. The lowest BCUT2D eigenvalue weighted by Crippen LogP contribution is -2.48. The van der Waals surface area contributed by atoms with Crippen LogP contribution in [-0.4, -0.2) is 71.6 Å². The van der Waals surface area contributed by atoms with Crippen LogP contribution in [0.2, 0.25) is 5.02 Å². The van der Waals surface area contributed by atoms with Crippen molar-refractivity contribution in [2.24, 2.45) is 11.8 Å². The molecule has 2 aromatic carbocycles. The Morgan fingerprint density at radius 2 is 1.77 bits per heavy atom. The molecule has 11 heteroatoms. The molecule has 3 heterocycles. The second-order valence-electron chi connectivity index (χ2n) is 11.7. The van der Waals surface area contributed by atoms with E-state index in [1.165, 1.54) is 13.2 Å². The fraction of sp³-hybridized carbons (Fsp3) is 0.424. The van der Waals surface area contributed by atoms with Gasteiger partial charge in [0.25, 0.3) is 0 Å². The van der Waals surface area contributed by atoms with Gasteiger partial charge >= 0.3 is 0 Å². The summed E-state index contributed by atoms with van der Waals surface area (Å²) in [6.07, 6.45) is 3.23. The zero-order valence-electron chi connectivity index (χ0n) is 24.5. The lowest BCUT2D eigenvalue weighted by Gasteiger charge is -2.38. The Morgan fingerprint density at radius 1 is 0.977 bits per heavy atom. The smallest absolute Gasteiger partial charge is 0.228 e. The molecular weight excluding hydrogens is 583 g/mol. The number of nitrogens with zero attached hydrogens (tertiary/aromatic N) is 6. The van der Waals surface area contributed by atoms with Crippen LogP contribution in [0.15, 0.2) is 54.6 Å². The Morgan fingerprint density at radius 3 is 2.43 bits per heavy atom. The largest absolute Gasteiger partial charge is 0.497 e. The standard InChI is InChI=1S/C33H34ClFN6O3/c1-44-25-11-12-26(29(35)17-25)27-19-40(31-13-10-24(18-36)37-38-31)20-28(27)33(43)39-14-2-3-30(21-6-8-23(34)9-7-21)41(16-15-39)32(42)22-4-5-22/h6-13,17,22,27-28,30H,2-5,14-16,19-20H2,1H3/t27-,28+,30-/m0/s1. The number of aromatic nitrogens is 2. The van der Waals surface area contributed by atoms with E-state index in [0.29, 0.717) is 61.3 Å². The fourth-order valence-corrected chi connectivity index (χ4v) is 6.61. The summed E-state index contributed by atoms with van der Waals surface area (Å²) >= 11 is 6.15. The molecule has 0 radical (unpaired) electrons. The van der Waals surface area contributed by atoms with E-state index in [4.69, 9.17) is 21.6 Å². The van der Waals surface area contributed by atoms with Gasteiger partial charge in [0.15, 0.2) is 11.5 Å². The molecule has 1 saturated carbocycles. The number of halogens is 2. The highest BCUT2D eigenvalue weighted by Gasteiger charge is 2.43. The summed E-state index contributed by atoms with van der Waals surface area (Å²) in [5, 5.41) is 17.9. The first-order valence-electron chi connectivity index (χ1n) is 15.0. The van der Waals surface area contributed by atoms with Gasteiger partial charge in [-0.05, 0) is 67.1 Å². The van der Waals surface area contributed by atoms with E-state index in [-0.39, 0.29) is 29.5 Å². The summed E-state index contributed by atoms with van der Waals surface area (Å²) in [5.74, 6) is -0.370. The first-order chi connectivity index (χ1) is 21.4. The molecule has 2 saturated heterocycles. The molecule has 0 N–H and O–H groups in total. The number of anilines is 1. The van der Waals surface area contributed by atoms with Crippen molar-refractivity contribution in [2.75, 3.05) is 44.7 Å². The van der Waals surface area contributed by atoms with E-state index in [1.54, 1.807) is 24.3 Å². The maximum absolute atomic E-state index is 15.4. The van der Waals surface area contributed by atoms with Crippen LogP contribution in [0, 0.1) is 29.0 Å². The molecule has 0 spiro atoms. The number of methoxy groups -OCH3 is 1. The minimum absolute atomic E-state index is 0.0488. The highest BCUT2D eigenvalue weighted by molar-refractivity contribution is 6.30. The lowest BCUT2D eigenvalue weighted by atomic mass is 9.87. The van der Waals surface area contributed by atoms with Crippen molar-refractivity contribution in [1.82, 2.24) is 20.0 Å². The second kappa shape index (κ2) is 12.8. The number of rotatable bonds is 6. The molecule has 1 aromatic heterocycles. The molecule has 6 rings (SSSR count).